The first-order chi connectivity index (χ1) is 18.2. The van der Waals surface area contributed by atoms with E-state index in [1.165, 1.54) is 25.4 Å². The lowest BCUT2D eigenvalue weighted by molar-refractivity contribution is -0.137. The zero-order valence-electron chi connectivity index (χ0n) is 20.4. The van der Waals surface area contributed by atoms with Crippen molar-refractivity contribution < 1.29 is 32.2 Å². The molecule has 38 heavy (non-hydrogen) atoms. The number of urea groups is 1. The minimum Gasteiger partial charge on any atom is -0.490 e. The molecule has 1 aliphatic heterocycles. The fourth-order valence-corrected chi connectivity index (χ4v) is 3.77. The van der Waals surface area contributed by atoms with Crippen LogP contribution in [0.1, 0.15) is 28.9 Å². The summed E-state index contributed by atoms with van der Waals surface area (Å²) in [6.45, 7) is 1.13. The summed E-state index contributed by atoms with van der Waals surface area (Å²) < 4.78 is 51.3. The second kappa shape index (κ2) is 11.8. The van der Waals surface area contributed by atoms with Crippen LogP contribution < -0.4 is 30.7 Å². The highest BCUT2D eigenvalue weighted by molar-refractivity contribution is 6.00. The molecule has 1 atom stereocenters. The Morgan fingerprint density at radius 3 is 2.53 bits per heavy atom. The minimum atomic E-state index is -4.58. The Kier molecular flexibility index (Phi) is 8.31. The molecule has 200 valence electrons. The van der Waals surface area contributed by atoms with Crippen molar-refractivity contribution in [2.45, 2.75) is 25.1 Å². The van der Waals surface area contributed by atoms with Gasteiger partial charge < -0.3 is 30.7 Å². The summed E-state index contributed by atoms with van der Waals surface area (Å²) in [6, 6.07) is 11.7. The lowest BCUT2D eigenvalue weighted by atomic mass is 10.1. The van der Waals surface area contributed by atoms with E-state index in [9.17, 15) is 22.8 Å². The Labute approximate surface area is 216 Å². The zero-order valence-corrected chi connectivity index (χ0v) is 20.4. The van der Waals surface area contributed by atoms with Crippen molar-refractivity contribution in [2.75, 3.05) is 30.8 Å². The monoisotopic (exact) mass is 529 g/mol. The number of amides is 3. The molecule has 4 rings (SSSR count). The quantitative estimate of drug-likeness (QED) is 0.326. The standard InChI is InChI=1S/C26H26F3N5O4/c1-30-24(35)22-14-20(10-12-32-22)38-19-7-5-17(6-8-19)33-25(36)34-21-13-16(26(27,28)29)4-9-23(21)37-15-18-3-2-11-31-18/h4-10,12-14,18,31H,2-3,11,15H2,1H3,(H,30,35)(H2,33,34,36). The molecule has 1 aliphatic rings. The minimum absolute atomic E-state index is 0.0973. The normalized spacial score (nSPS) is 15.0. The van der Waals surface area contributed by atoms with Crippen molar-refractivity contribution in [3.05, 3.63) is 72.1 Å². The lowest BCUT2D eigenvalue weighted by Crippen LogP contribution is -2.28. The maximum absolute atomic E-state index is 13.3. The van der Waals surface area contributed by atoms with Gasteiger partial charge in [0, 0.05) is 31.0 Å². The van der Waals surface area contributed by atoms with Crippen molar-refractivity contribution in [3.63, 3.8) is 0 Å². The van der Waals surface area contributed by atoms with Crippen LogP contribution in [0, 0.1) is 0 Å². The molecule has 9 nitrogen and oxygen atoms in total. The third-order valence-corrected chi connectivity index (χ3v) is 5.70. The first kappa shape index (κ1) is 26.7. The molecule has 12 heteroatoms. The Morgan fingerprint density at radius 2 is 1.84 bits per heavy atom. The van der Waals surface area contributed by atoms with Gasteiger partial charge in [-0.05, 0) is 67.9 Å². The van der Waals surface area contributed by atoms with Crippen LogP contribution in [0.4, 0.5) is 29.3 Å². The van der Waals surface area contributed by atoms with E-state index in [2.05, 4.69) is 26.3 Å². The number of benzene rings is 2. The molecule has 4 N–H and O–H groups in total. The molecule has 1 aromatic heterocycles. The second-order valence-electron chi connectivity index (χ2n) is 8.47. The summed E-state index contributed by atoms with van der Waals surface area (Å²) >= 11 is 0. The molecule has 1 saturated heterocycles. The van der Waals surface area contributed by atoms with Crippen LogP contribution >= 0.6 is 0 Å². The Hall–Kier alpha value is -4.32. The van der Waals surface area contributed by atoms with Crippen molar-refractivity contribution in [1.29, 1.82) is 0 Å². The van der Waals surface area contributed by atoms with Crippen LogP contribution in [0.15, 0.2) is 60.8 Å². The Morgan fingerprint density at radius 1 is 1.05 bits per heavy atom. The van der Waals surface area contributed by atoms with E-state index >= 15 is 0 Å². The fourth-order valence-electron chi connectivity index (χ4n) is 3.77. The lowest BCUT2D eigenvalue weighted by Gasteiger charge is -2.18. The second-order valence-corrected chi connectivity index (χ2v) is 8.47. The summed E-state index contributed by atoms with van der Waals surface area (Å²) in [5.41, 5.74) is -0.436. The number of nitrogens with one attached hydrogen (secondary N) is 4. The number of aromatic nitrogens is 1. The number of alkyl halides is 3. The predicted octanol–water partition coefficient (Wildman–Crippen LogP) is 5.03. The van der Waals surface area contributed by atoms with Gasteiger partial charge in [-0.15, -0.1) is 0 Å². The molecule has 3 aromatic rings. The number of ether oxygens (including phenoxy) is 2. The van der Waals surface area contributed by atoms with Gasteiger partial charge in [0.15, 0.2) is 0 Å². The van der Waals surface area contributed by atoms with Crippen LogP contribution in [0.25, 0.3) is 0 Å². The van der Waals surface area contributed by atoms with E-state index < -0.39 is 17.8 Å². The molecule has 0 aliphatic carbocycles. The van der Waals surface area contributed by atoms with Gasteiger partial charge in [0.25, 0.3) is 5.91 Å². The summed E-state index contributed by atoms with van der Waals surface area (Å²) in [7, 11) is 1.49. The molecular weight excluding hydrogens is 503 g/mol. The molecule has 0 bridgehead atoms. The maximum atomic E-state index is 13.3. The Bertz CT molecular complexity index is 1280. The van der Waals surface area contributed by atoms with Crippen LogP contribution in [-0.4, -0.2) is 43.2 Å². The van der Waals surface area contributed by atoms with E-state index in [1.54, 1.807) is 30.3 Å². The molecule has 0 radical (unpaired) electrons. The number of hydrogen-bond donors (Lipinski definition) is 4. The SMILES string of the molecule is CNC(=O)c1cc(Oc2ccc(NC(=O)Nc3cc(C(F)(F)F)ccc3OCC3CCCN3)cc2)ccn1. The molecular formula is C26H26F3N5O4. The van der Waals surface area contributed by atoms with Gasteiger partial charge in [0.2, 0.25) is 0 Å². The summed E-state index contributed by atoms with van der Waals surface area (Å²) in [5.74, 6) is 0.602. The third-order valence-electron chi connectivity index (χ3n) is 5.70. The van der Waals surface area contributed by atoms with E-state index in [-0.39, 0.29) is 35.7 Å². The number of carbonyl (C=O) groups is 2. The largest absolute Gasteiger partial charge is 0.490 e. The fraction of sp³-hybridized carbons (Fsp3) is 0.269. The van der Waals surface area contributed by atoms with E-state index in [0.717, 1.165) is 31.5 Å². The molecule has 1 unspecified atom stereocenters. The number of carbonyl (C=O) groups excluding carboxylic acids is 2. The molecule has 1 fully saturated rings. The number of pyridine rings is 1. The number of halogens is 3. The highest BCUT2D eigenvalue weighted by Gasteiger charge is 2.31. The van der Waals surface area contributed by atoms with E-state index in [1.807, 2.05) is 0 Å². The van der Waals surface area contributed by atoms with Crippen molar-refractivity contribution >= 4 is 23.3 Å². The van der Waals surface area contributed by atoms with Gasteiger partial charge in [-0.1, -0.05) is 0 Å². The van der Waals surface area contributed by atoms with Crippen LogP contribution in [0.3, 0.4) is 0 Å². The van der Waals surface area contributed by atoms with Gasteiger partial charge >= 0.3 is 12.2 Å². The van der Waals surface area contributed by atoms with Gasteiger partial charge in [-0.2, -0.15) is 13.2 Å². The summed E-state index contributed by atoms with van der Waals surface area (Å²) in [5, 5.41) is 10.8. The van der Waals surface area contributed by atoms with Crippen LogP contribution in [-0.2, 0) is 6.18 Å². The number of hydrogen-bond acceptors (Lipinski definition) is 6. The number of anilines is 2. The van der Waals surface area contributed by atoms with Gasteiger partial charge in [-0.25, -0.2) is 4.79 Å². The van der Waals surface area contributed by atoms with Crippen molar-refractivity contribution in [2.24, 2.45) is 0 Å². The molecule has 2 heterocycles. The topological polar surface area (TPSA) is 114 Å². The summed E-state index contributed by atoms with van der Waals surface area (Å²) in [4.78, 5) is 28.3. The zero-order chi connectivity index (χ0) is 27.1. The molecule has 3 amide bonds. The highest BCUT2D eigenvalue weighted by Crippen LogP contribution is 2.35. The van der Waals surface area contributed by atoms with E-state index in [4.69, 9.17) is 9.47 Å². The maximum Gasteiger partial charge on any atom is 0.416 e. The molecule has 2 aromatic carbocycles. The number of rotatable bonds is 8. The van der Waals surface area contributed by atoms with Crippen molar-refractivity contribution in [3.8, 4) is 17.2 Å². The van der Waals surface area contributed by atoms with Gasteiger partial charge in [-0.3, -0.25) is 9.78 Å². The number of nitrogens with zero attached hydrogens (tertiary/aromatic N) is 1. The summed E-state index contributed by atoms with van der Waals surface area (Å²) in [6.07, 6.45) is -1.24. The third kappa shape index (κ3) is 7.13. The van der Waals surface area contributed by atoms with E-state index in [0.29, 0.717) is 17.2 Å². The molecule has 0 spiro atoms. The van der Waals surface area contributed by atoms with Crippen LogP contribution in [0.5, 0.6) is 17.2 Å². The van der Waals surface area contributed by atoms with Crippen LogP contribution in [0.2, 0.25) is 0 Å². The highest BCUT2D eigenvalue weighted by atomic mass is 19.4. The average Bonchev–Trinajstić information content (AvgIpc) is 3.42. The van der Waals surface area contributed by atoms with Crippen molar-refractivity contribution in [1.82, 2.24) is 15.6 Å². The van der Waals surface area contributed by atoms with Gasteiger partial charge in [0.1, 0.15) is 29.5 Å². The first-order valence-electron chi connectivity index (χ1n) is 11.8. The van der Waals surface area contributed by atoms with Gasteiger partial charge in [0.05, 0.1) is 11.3 Å². The first-order valence-corrected chi connectivity index (χ1v) is 11.8. The molecule has 0 saturated carbocycles. The smallest absolute Gasteiger partial charge is 0.416 e. The Balaban J connectivity index is 1.41. The predicted molar refractivity (Wildman–Crippen MR) is 135 cm³/mol. The average molecular weight is 530 g/mol.